The smallest absolute Gasteiger partial charge is 0.326 e. The first kappa shape index (κ1) is 20.9. The number of benzene rings is 2. The molecule has 34 heavy (non-hydrogen) atoms. The number of carbonyl (C=O) groups excluding carboxylic acids is 1. The molecule has 1 aliphatic heterocycles. The maximum atomic E-state index is 12.7. The third-order valence-corrected chi connectivity index (χ3v) is 7.38. The average Bonchev–Trinajstić information content (AvgIpc) is 3.60. The van der Waals surface area contributed by atoms with E-state index in [4.69, 9.17) is 4.52 Å². The van der Waals surface area contributed by atoms with Crippen LogP contribution >= 0.6 is 0 Å². The highest BCUT2D eigenvalue weighted by Gasteiger charge is 2.35. The topological polar surface area (TPSA) is 97.0 Å². The largest absolute Gasteiger partial charge is 0.339 e. The standard InChI is InChI=1S/C26H27N5O3/c1-15-7-9-20(11-16(15)2)30-14-18(13-23(30)32)25-28-24(29-34-25)17-8-10-22-21(12-17)27-26(33)31(22)19-5-3-4-6-19/h7-12,18-19H,3-6,13-14H2,1-2H3,(H,27,33). The minimum Gasteiger partial charge on any atom is -0.339 e. The summed E-state index contributed by atoms with van der Waals surface area (Å²) < 4.78 is 7.47. The Balaban J connectivity index is 1.25. The average molecular weight is 458 g/mol. The molecule has 2 aromatic heterocycles. The van der Waals surface area contributed by atoms with Crippen molar-refractivity contribution < 1.29 is 9.32 Å². The van der Waals surface area contributed by atoms with Crippen LogP contribution in [0.4, 0.5) is 5.69 Å². The Bertz CT molecular complexity index is 1460. The highest BCUT2D eigenvalue weighted by molar-refractivity contribution is 5.96. The SMILES string of the molecule is Cc1ccc(N2CC(c3nc(-c4ccc5c(c4)[nH]c(=O)n5C4CCCC4)no3)CC2=O)cc1C. The Morgan fingerprint density at radius 1 is 1.03 bits per heavy atom. The monoisotopic (exact) mass is 457 g/mol. The number of aromatic nitrogens is 4. The lowest BCUT2D eigenvalue weighted by molar-refractivity contribution is -0.117. The van der Waals surface area contributed by atoms with Crippen molar-refractivity contribution in [3.8, 4) is 11.4 Å². The van der Waals surface area contributed by atoms with Crippen LogP contribution < -0.4 is 10.6 Å². The molecule has 1 amide bonds. The zero-order valence-corrected chi connectivity index (χ0v) is 19.4. The number of fused-ring (bicyclic) bond motifs is 1. The first-order chi connectivity index (χ1) is 16.5. The second-order valence-electron chi connectivity index (χ2n) is 9.60. The fourth-order valence-corrected chi connectivity index (χ4v) is 5.33. The first-order valence-electron chi connectivity index (χ1n) is 11.9. The van der Waals surface area contributed by atoms with Crippen molar-refractivity contribution >= 4 is 22.6 Å². The quantitative estimate of drug-likeness (QED) is 0.482. The summed E-state index contributed by atoms with van der Waals surface area (Å²) in [6.45, 7) is 4.62. The minimum absolute atomic E-state index is 0.0558. The summed E-state index contributed by atoms with van der Waals surface area (Å²) in [5, 5.41) is 4.18. The molecule has 2 fully saturated rings. The summed E-state index contributed by atoms with van der Waals surface area (Å²) in [6, 6.07) is 12.1. The van der Waals surface area contributed by atoms with E-state index in [1.807, 2.05) is 47.9 Å². The maximum Gasteiger partial charge on any atom is 0.326 e. The Morgan fingerprint density at radius 2 is 1.85 bits per heavy atom. The second kappa shape index (κ2) is 7.97. The van der Waals surface area contributed by atoms with Crippen LogP contribution in [0.5, 0.6) is 0 Å². The molecule has 1 saturated heterocycles. The molecule has 174 valence electrons. The van der Waals surface area contributed by atoms with Crippen LogP contribution in [0.15, 0.2) is 45.7 Å². The molecular formula is C26H27N5O3. The van der Waals surface area contributed by atoms with Gasteiger partial charge in [-0.05, 0) is 68.1 Å². The number of anilines is 1. The molecule has 8 nitrogen and oxygen atoms in total. The lowest BCUT2D eigenvalue weighted by Crippen LogP contribution is -2.24. The molecule has 3 heterocycles. The number of aryl methyl sites for hydroxylation is 2. The van der Waals surface area contributed by atoms with Crippen LogP contribution in [0, 0.1) is 13.8 Å². The van der Waals surface area contributed by atoms with Gasteiger partial charge in [-0.3, -0.25) is 9.36 Å². The van der Waals surface area contributed by atoms with Crippen molar-refractivity contribution in [3.63, 3.8) is 0 Å². The van der Waals surface area contributed by atoms with Crippen molar-refractivity contribution in [1.82, 2.24) is 19.7 Å². The molecule has 2 aliphatic rings. The van der Waals surface area contributed by atoms with Crippen molar-refractivity contribution in [2.45, 2.75) is 57.9 Å². The van der Waals surface area contributed by atoms with Gasteiger partial charge in [0.1, 0.15) is 0 Å². The van der Waals surface area contributed by atoms with Gasteiger partial charge < -0.3 is 14.4 Å². The van der Waals surface area contributed by atoms with Crippen LogP contribution in [0.25, 0.3) is 22.4 Å². The zero-order valence-electron chi connectivity index (χ0n) is 19.4. The number of rotatable bonds is 4. The number of carbonyl (C=O) groups is 1. The van der Waals surface area contributed by atoms with Gasteiger partial charge in [0.25, 0.3) is 0 Å². The van der Waals surface area contributed by atoms with Crippen molar-refractivity contribution in [1.29, 1.82) is 0 Å². The molecule has 4 aromatic rings. The summed E-state index contributed by atoms with van der Waals surface area (Å²) in [5.74, 6) is 0.831. The van der Waals surface area contributed by atoms with Gasteiger partial charge in [-0.15, -0.1) is 0 Å². The Hall–Kier alpha value is -3.68. The van der Waals surface area contributed by atoms with Gasteiger partial charge in [-0.25, -0.2) is 4.79 Å². The van der Waals surface area contributed by atoms with E-state index in [0.717, 1.165) is 53.5 Å². The Labute approximate surface area is 196 Å². The van der Waals surface area contributed by atoms with Gasteiger partial charge in [0.2, 0.25) is 17.6 Å². The van der Waals surface area contributed by atoms with Gasteiger partial charge in [-0.2, -0.15) is 4.98 Å². The molecule has 1 saturated carbocycles. The molecule has 8 heteroatoms. The maximum absolute atomic E-state index is 12.7. The third-order valence-electron chi connectivity index (χ3n) is 7.38. The van der Waals surface area contributed by atoms with Gasteiger partial charge in [0, 0.05) is 30.3 Å². The van der Waals surface area contributed by atoms with E-state index in [-0.39, 0.29) is 23.6 Å². The molecule has 6 rings (SSSR count). The number of hydrogen-bond acceptors (Lipinski definition) is 5. The predicted octanol–water partition coefficient (Wildman–Crippen LogP) is 4.63. The fraction of sp³-hybridized carbons (Fsp3) is 0.385. The number of hydrogen-bond donors (Lipinski definition) is 1. The van der Waals surface area contributed by atoms with E-state index in [1.165, 1.54) is 5.56 Å². The molecule has 0 radical (unpaired) electrons. The number of aromatic amines is 1. The number of H-pyrrole nitrogens is 1. The molecule has 1 unspecified atom stereocenters. The van der Waals surface area contributed by atoms with E-state index < -0.39 is 0 Å². The number of imidazole rings is 1. The van der Waals surface area contributed by atoms with E-state index in [9.17, 15) is 9.59 Å². The van der Waals surface area contributed by atoms with E-state index in [1.54, 1.807) is 4.90 Å². The van der Waals surface area contributed by atoms with Crippen molar-refractivity contribution in [2.24, 2.45) is 0 Å². The van der Waals surface area contributed by atoms with E-state index >= 15 is 0 Å². The highest BCUT2D eigenvalue weighted by atomic mass is 16.5. The molecule has 0 spiro atoms. The normalized spacial score (nSPS) is 19.1. The number of amides is 1. The van der Waals surface area contributed by atoms with Gasteiger partial charge >= 0.3 is 5.69 Å². The molecule has 0 bridgehead atoms. The Morgan fingerprint density at radius 3 is 2.65 bits per heavy atom. The molecular weight excluding hydrogens is 430 g/mol. The highest BCUT2D eigenvalue weighted by Crippen LogP contribution is 2.34. The van der Waals surface area contributed by atoms with Crippen LogP contribution in [-0.4, -0.2) is 32.1 Å². The summed E-state index contributed by atoms with van der Waals surface area (Å²) >= 11 is 0. The summed E-state index contributed by atoms with van der Waals surface area (Å²) in [5.41, 5.74) is 5.65. The minimum atomic E-state index is -0.151. The summed E-state index contributed by atoms with van der Waals surface area (Å²) in [6.07, 6.45) is 4.76. The number of nitrogens with zero attached hydrogens (tertiary/aromatic N) is 4. The van der Waals surface area contributed by atoms with Gasteiger partial charge in [0.05, 0.1) is 17.0 Å². The van der Waals surface area contributed by atoms with Crippen molar-refractivity contribution in [2.75, 3.05) is 11.4 Å². The lowest BCUT2D eigenvalue weighted by atomic mass is 10.1. The molecule has 1 N–H and O–H groups in total. The lowest BCUT2D eigenvalue weighted by Gasteiger charge is -2.17. The van der Waals surface area contributed by atoms with E-state index in [2.05, 4.69) is 22.0 Å². The molecule has 1 atom stereocenters. The van der Waals surface area contributed by atoms with Gasteiger partial charge in [0.15, 0.2) is 0 Å². The zero-order chi connectivity index (χ0) is 23.4. The van der Waals surface area contributed by atoms with Crippen LogP contribution in [0.1, 0.15) is 61.1 Å². The van der Waals surface area contributed by atoms with Crippen molar-refractivity contribution in [3.05, 3.63) is 63.9 Å². The second-order valence-corrected chi connectivity index (χ2v) is 9.60. The Kier molecular flexibility index (Phi) is 4.90. The summed E-state index contributed by atoms with van der Waals surface area (Å²) in [7, 11) is 0. The fourth-order valence-electron chi connectivity index (χ4n) is 5.33. The number of nitrogens with one attached hydrogen (secondary N) is 1. The van der Waals surface area contributed by atoms with Gasteiger partial charge in [-0.1, -0.05) is 24.1 Å². The van der Waals surface area contributed by atoms with E-state index in [0.29, 0.717) is 24.7 Å². The third kappa shape index (κ3) is 3.45. The predicted molar refractivity (Wildman–Crippen MR) is 129 cm³/mol. The van der Waals surface area contributed by atoms with Crippen LogP contribution in [-0.2, 0) is 4.79 Å². The van der Waals surface area contributed by atoms with Crippen LogP contribution in [0.3, 0.4) is 0 Å². The first-order valence-corrected chi connectivity index (χ1v) is 11.9. The van der Waals surface area contributed by atoms with Crippen LogP contribution in [0.2, 0.25) is 0 Å². The summed E-state index contributed by atoms with van der Waals surface area (Å²) in [4.78, 5) is 34.7. The molecule has 1 aliphatic carbocycles. The molecule has 2 aromatic carbocycles.